The van der Waals surface area contributed by atoms with Gasteiger partial charge in [0.2, 0.25) is 5.91 Å². The molecule has 0 N–H and O–H groups in total. The van der Waals surface area contributed by atoms with E-state index in [0.29, 0.717) is 11.7 Å². The molecule has 1 aliphatic heterocycles. The molecule has 27 heavy (non-hydrogen) atoms. The molecule has 1 amide bonds. The second-order valence-corrected chi connectivity index (χ2v) is 7.87. The largest absolute Gasteiger partial charge is 0.284 e. The maximum atomic E-state index is 12.9. The van der Waals surface area contributed by atoms with E-state index in [1.807, 2.05) is 54.6 Å². The van der Waals surface area contributed by atoms with Gasteiger partial charge in [0.15, 0.2) is 5.17 Å². The number of nitrogens with zero attached hydrogens (tertiary/aromatic N) is 3. The first-order valence-corrected chi connectivity index (χ1v) is 10.2. The van der Waals surface area contributed by atoms with Crippen LogP contribution in [0.3, 0.4) is 0 Å². The molecule has 2 aromatic carbocycles. The van der Waals surface area contributed by atoms with Gasteiger partial charge in [-0.3, -0.25) is 9.69 Å². The first-order chi connectivity index (χ1) is 13.2. The highest BCUT2D eigenvalue weighted by atomic mass is 32.2. The summed E-state index contributed by atoms with van der Waals surface area (Å²) in [5.41, 5.74) is 3.30. The number of unbranched alkanes of at least 4 members (excludes halogenated alkanes) is 1. The number of rotatable bonds is 7. The van der Waals surface area contributed by atoms with E-state index in [4.69, 9.17) is 0 Å². The van der Waals surface area contributed by atoms with E-state index in [1.165, 1.54) is 17.3 Å². The third-order valence-electron chi connectivity index (χ3n) is 4.45. The molecule has 1 aliphatic rings. The third-order valence-corrected chi connectivity index (χ3v) is 5.69. The van der Waals surface area contributed by atoms with Crippen LogP contribution in [0.2, 0.25) is 0 Å². The summed E-state index contributed by atoms with van der Waals surface area (Å²) in [5, 5.41) is 9.26. The number of hydrogen-bond donors (Lipinski definition) is 0. The van der Waals surface area contributed by atoms with Crippen molar-refractivity contribution in [1.82, 2.24) is 4.90 Å². The van der Waals surface area contributed by atoms with Crippen molar-refractivity contribution < 1.29 is 4.79 Å². The minimum atomic E-state index is -0.0537. The van der Waals surface area contributed by atoms with Crippen LogP contribution >= 0.6 is 11.8 Å². The Labute approximate surface area is 165 Å². The zero-order valence-corrected chi connectivity index (χ0v) is 16.7. The van der Waals surface area contributed by atoms with Crippen LogP contribution in [0.1, 0.15) is 42.9 Å². The quantitative estimate of drug-likeness (QED) is 0.501. The number of carbonyl (C=O) groups excluding carboxylic acids is 1. The number of amidine groups is 1. The smallest absolute Gasteiger partial charge is 0.242 e. The molecule has 1 fully saturated rings. The minimum absolute atomic E-state index is 0.0537. The Balaban J connectivity index is 1.77. The Kier molecular flexibility index (Phi) is 6.82. The maximum absolute atomic E-state index is 12.9. The van der Waals surface area contributed by atoms with Gasteiger partial charge in [0.1, 0.15) is 0 Å². The Hall–Kier alpha value is -2.40. The van der Waals surface area contributed by atoms with Crippen molar-refractivity contribution in [3.05, 3.63) is 71.3 Å². The third kappa shape index (κ3) is 5.30. The normalized spacial score (nSPS) is 18.7. The van der Waals surface area contributed by atoms with Gasteiger partial charge in [-0.15, -0.1) is 5.10 Å². The molecule has 0 saturated carbocycles. The van der Waals surface area contributed by atoms with Crippen molar-refractivity contribution in [2.45, 2.75) is 44.9 Å². The van der Waals surface area contributed by atoms with E-state index >= 15 is 0 Å². The second-order valence-electron chi connectivity index (χ2n) is 6.70. The SMILES string of the molecule is CCCC[C@@H]1S/C(=N/N=C\c2ccc(C)cc2)N(Cc2ccccc2)C1=O. The lowest BCUT2D eigenvalue weighted by Crippen LogP contribution is -2.31. The number of benzene rings is 2. The van der Waals surface area contributed by atoms with Crippen molar-refractivity contribution in [3.63, 3.8) is 0 Å². The Morgan fingerprint density at radius 1 is 1.11 bits per heavy atom. The van der Waals surface area contributed by atoms with Crippen molar-refractivity contribution in [2.75, 3.05) is 0 Å². The van der Waals surface area contributed by atoms with Gasteiger partial charge in [-0.05, 0) is 24.5 Å². The van der Waals surface area contributed by atoms with E-state index in [1.54, 1.807) is 11.1 Å². The van der Waals surface area contributed by atoms with Crippen LogP contribution in [-0.2, 0) is 11.3 Å². The van der Waals surface area contributed by atoms with Crippen LogP contribution < -0.4 is 0 Å². The van der Waals surface area contributed by atoms with Gasteiger partial charge < -0.3 is 0 Å². The topological polar surface area (TPSA) is 45.0 Å². The monoisotopic (exact) mass is 379 g/mol. The lowest BCUT2D eigenvalue weighted by molar-refractivity contribution is -0.126. The average molecular weight is 380 g/mol. The molecule has 0 unspecified atom stereocenters. The summed E-state index contributed by atoms with van der Waals surface area (Å²) in [5.74, 6) is 0.140. The first kappa shape index (κ1) is 19.4. The van der Waals surface area contributed by atoms with E-state index < -0.39 is 0 Å². The molecule has 0 spiro atoms. The summed E-state index contributed by atoms with van der Waals surface area (Å²) >= 11 is 1.54. The highest BCUT2D eigenvalue weighted by Gasteiger charge is 2.37. The first-order valence-electron chi connectivity index (χ1n) is 9.37. The van der Waals surface area contributed by atoms with Crippen LogP contribution in [0.4, 0.5) is 0 Å². The number of thioether (sulfide) groups is 1. The van der Waals surface area contributed by atoms with Crippen molar-refractivity contribution in [1.29, 1.82) is 0 Å². The number of carbonyl (C=O) groups is 1. The summed E-state index contributed by atoms with van der Waals surface area (Å²) in [6, 6.07) is 18.1. The minimum Gasteiger partial charge on any atom is -0.284 e. The van der Waals surface area contributed by atoms with Crippen LogP contribution in [-0.4, -0.2) is 27.4 Å². The van der Waals surface area contributed by atoms with E-state index in [2.05, 4.69) is 24.1 Å². The average Bonchev–Trinajstić information content (AvgIpc) is 2.98. The van der Waals surface area contributed by atoms with Crippen LogP contribution in [0.15, 0.2) is 64.8 Å². The molecule has 1 atom stereocenters. The molecule has 4 nitrogen and oxygen atoms in total. The van der Waals surface area contributed by atoms with Crippen molar-refractivity contribution in [3.8, 4) is 0 Å². The molecule has 0 bridgehead atoms. The molecule has 2 aromatic rings. The standard InChI is InChI=1S/C22H25N3OS/c1-3-4-10-20-21(26)25(16-19-8-6-5-7-9-19)22(27-20)24-23-15-18-13-11-17(2)12-14-18/h5-9,11-15,20H,3-4,10,16H2,1-2H3/b23-15-,24-22+/t20-/m0/s1. The molecule has 0 aliphatic carbocycles. The number of aryl methyl sites for hydroxylation is 1. The molecule has 0 radical (unpaired) electrons. The highest BCUT2D eigenvalue weighted by Crippen LogP contribution is 2.32. The lowest BCUT2D eigenvalue weighted by Gasteiger charge is -2.15. The zero-order chi connectivity index (χ0) is 19.1. The zero-order valence-electron chi connectivity index (χ0n) is 15.8. The summed E-state index contributed by atoms with van der Waals surface area (Å²) in [4.78, 5) is 14.6. The second kappa shape index (κ2) is 9.51. The van der Waals surface area contributed by atoms with Crippen molar-refractivity contribution in [2.24, 2.45) is 10.2 Å². The maximum Gasteiger partial charge on any atom is 0.242 e. The molecule has 1 heterocycles. The Morgan fingerprint density at radius 3 is 2.56 bits per heavy atom. The molecular weight excluding hydrogens is 354 g/mol. The van der Waals surface area contributed by atoms with Crippen molar-refractivity contribution >= 4 is 29.1 Å². The Bertz CT molecular complexity index is 815. The molecule has 140 valence electrons. The highest BCUT2D eigenvalue weighted by molar-refractivity contribution is 8.15. The molecule has 5 heteroatoms. The fraction of sp³-hybridized carbons (Fsp3) is 0.318. The van der Waals surface area contributed by atoms with E-state index in [0.717, 1.165) is 30.4 Å². The summed E-state index contributed by atoms with van der Waals surface area (Å²) < 4.78 is 0. The molecule has 1 saturated heterocycles. The van der Waals surface area contributed by atoms with Gasteiger partial charge in [0, 0.05) is 0 Å². The number of hydrogen-bond acceptors (Lipinski definition) is 4. The van der Waals surface area contributed by atoms with Gasteiger partial charge in [-0.1, -0.05) is 91.7 Å². The predicted molar refractivity (Wildman–Crippen MR) is 114 cm³/mol. The number of amides is 1. The van der Waals surface area contributed by atoms with Crippen LogP contribution in [0, 0.1) is 6.92 Å². The molecule has 0 aromatic heterocycles. The lowest BCUT2D eigenvalue weighted by atomic mass is 10.1. The fourth-order valence-electron chi connectivity index (χ4n) is 2.87. The van der Waals surface area contributed by atoms with Crippen LogP contribution in [0.5, 0.6) is 0 Å². The van der Waals surface area contributed by atoms with Gasteiger partial charge in [-0.2, -0.15) is 5.10 Å². The summed E-state index contributed by atoms with van der Waals surface area (Å²) in [6.07, 6.45) is 4.74. The van der Waals surface area contributed by atoms with E-state index in [-0.39, 0.29) is 11.2 Å². The van der Waals surface area contributed by atoms with Gasteiger partial charge in [0.05, 0.1) is 18.0 Å². The Morgan fingerprint density at radius 2 is 1.85 bits per heavy atom. The van der Waals surface area contributed by atoms with Gasteiger partial charge in [-0.25, -0.2) is 0 Å². The summed E-state index contributed by atoms with van der Waals surface area (Å²) in [6.45, 7) is 4.74. The van der Waals surface area contributed by atoms with Gasteiger partial charge in [0.25, 0.3) is 0 Å². The van der Waals surface area contributed by atoms with Gasteiger partial charge >= 0.3 is 0 Å². The van der Waals surface area contributed by atoms with E-state index in [9.17, 15) is 4.79 Å². The van der Waals surface area contributed by atoms with Crippen LogP contribution in [0.25, 0.3) is 0 Å². The molecular formula is C22H25N3OS. The summed E-state index contributed by atoms with van der Waals surface area (Å²) in [7, 11) is 0. The molecule has 3 rings (SSSR count). The fourth-order valence-corrected chi connectivity index (χ4v) is 4.01. The predicted octanol–water partition coefficient (Wildman–Crippen LogP) is 5.02.